The van der Waals surface area contributed by atoms with Crippen LogP contribution in [0.5, 0.6) is 0 Å². The van der Waals surface area contributed by atoms with Crippen LogP contribution < -0.4 is 5.32 Å². The second-order valence-corrected chi connectivity index (χ2v) is 5.92. The molecule has 4 nitrogen and oxygen atoms in total. The molecule has 0 saturated carbocycles. The van der Waals surface area contributed by atoms with Gasteiger partial charge in [-0.1, -0.05) is 19.1 Å². The number of pyridine rings is 1. The number of rotatable bonds is 7. The Bertz CT molecular complexity index is 569. The Kier molecular flexibility index (Phi) is 5.75. The van der Waals surface area contributed by atoms with E-state index in [0.717, 1.165) is 25.2 Å². The maximum absolute atomic E-state index is 12.4. The number of likely N-dealkylation sites (N-methyl/N-ethyl adjacent to an activating group) is 1. The summed E-state index contributed by atoms with van der Waals surface area (Å²) in [4.78, 5) is 19.8. The van der Waals surface area contributed by atoms with Crippen LogP contribution in [0.1, 0.15) is 28.7 Å². The number of nitrogens with zero attached hydrogens (tertiary/aromatic N) is 2. The summed E-state index contributed by atoms with van der Waals surface area (Å²) in [5.74, 6) is 0.723. The quantitative estimate of drug-likeness (QED) is 0.854. The molecular formula is C16H21N3OS. The molecular weight excluding hydrogens is 282 g/mol. The van der Waals surface area contributed by atoms with Crippen LogP contribution in [0, 0.1) is 0 Å². The van der Waals surface area contributed by atoms with Crippen molar-refractivity contribution in [1.82, 2.24) is 9.88 Å². The average Bonchev–Trinajstić information content (AvgIpc) is 3.03. The lowest BCUT2D eigenvalue weighted by atomic mass is 10.3. The van der Waals surface area contributed by atoms with Gasteiger partial charge in [-0.15, -0.1) is 11.3 Å². The van der Waals surface area contributed by atoms with E-state index >= 15 is 0 Å². The van der Waals surface area contributed by atoms with Crippen LogP contribution in [0.4, 0.5) is 5.82 Å². The van der Waals surface area contributed by atoms with Crippen LogP contribution in [0.15, 0.2) is 35.7 Å². The topological polar surface area (TPSA) is 45.2 Å². The molecule has 2 aromatic heterocycles. The average molecular weight is 303 g/mol. The molecule has 0 fully saturated rings. The highest BCUT2D eigenvalue weighted by Crippen LogP contribution is 2.11. The van der Waals surface area contributed by atoms with Crippen molar-refractivity contribution < 1.29 is 4.79 Å². The first kappa shape index (κ1) is 15.5. The first-order chi connectivity index (χ1) is 10.2. The molecule has 0 aliphatic carbocycles. The Morgan fingerprint density at radius 1 is 1.33 bits per heavy atom. The van der Waals surface area contributed by atoms with Crippen LogP contribution >= 0.6 is 11.3 Å². The van der Waals surface area contributed by atoms with Gasteiger partial charge in [0.15, 0.2) is 0 Å². The highest BCUT2D eigenvalue weighted by molar-refractivity contribution is 7.09. The Hall–Kier alpha value is -1.88. The number of carbonyl (C=O) groups is 1. The summed E-state index contributed by atoms with van der Waals surface area (Å²) >= 11 is 1.72. The Morgan fingerprint density at radius 2 is 2.19 bits per heavy atom. The van der Waals surface area contributed by atoms with Crippen LogP contribution in [0.3, 0.4) is 0 Å². The minimum absolute atomic E-state index is 0.0355. The van der Waals surface area contributed by atoms with E-state index in [1.165, 1.54) is 4.88 Å². The van der Waals surface area contributed by atoms with Crippen LogP contribution in [-0.4, -0.2) is 35.9 Å². The van der Waals surface area contributed by atoms with Crippen molar-refractivity contribution in [3.63, 3.8) is 0 Å². The molecule has 0 unspecified atom stereocenters. The summed E-state index contributed by atoms with van der Waals surface area (Å²) in [6, 6.07) is 9.65. The van der Waals surface area contributed by atoms with Crippen molar-refractivity contribution >= 4 is 23.1 Å². The smallest absolute Gasteiger partial charge is 0.272 e. The zero-order chi connectivity index (χ0) is 15.1. The van der Waals surface area contributed by atoms with Crippen LogP contribution in [0.25, 0.3) is 0 Å². The molecule has 0 aliphatic rings. The van der Waals surface area contributed by atoms with E-state index in [-0.39, 0.29) is 5.91 Å². The second-order valence-electron chi connectivity index (χ2n) is 4.89. The first-order valence-electron chi connectivity index (χ1n) is 7.19. The van der Waals surface area contributed by atoms with E-state index in [0.29, 0.717) is 12.2 Å². The summed E-state index contributed by atoms with van der Waals surface area (Å²) < 4.78 is 0. The van der Waals surface area contributed by atoms with E-state index < -0.39 is 0 Å². The van der Waals surface area contributed by atoms with Gasteiger partial charge in [-0.25, -0.2) is 4.98 Å². The van der Waals surface area contributed by atoms with Crippen LogP contribution in [0.2, 0.25) is 0 Å². The predicted molar refractivity (Wildman–Crippen MR) is 88.0 cm³/mol. The van der Waals surface area contributed by atoms with E-state index in [2.05, 4.69) is 28.7 Å². The zero-order valence-corrected chi connectivity index (χ0v) is 13.3. The number of amides is 1. The van der Waals surface area contributed by atoms with Gasteiger partial charge in [-0.2, -0.15) is 0 Å². The fraction of sp³-hybridized carbons (Fsp3) is 0.375. The molecule has 1 amide bonds. The standard InChI is InChI=1S/C16H21N3OS/c1-3-10-17-15-8-4-7-14(18-15)16(20)19(2)11-9-13-6-5-12-21-13/h4-8,12H,3,9-11H2,1-2H3,(H,17,18). The second kappa shape index (κ2) is 7.78. The molecule has 0 bridgehead atoms. The maximum Gasteiger partial charge on any atom is 0.272 e. The molecule has 2 rings (SSSR count). The van der Waals surface area contributed by atoms with E-state index in [1.54, 1.807) is 22.3 Å². The van der Waals surface area contributed by atoms with Gasteiger partial charge in [0.25, 0.3) is 5.91 Å². The van der Waals surface area contributed by atoms with Crippen molar-refractivity contribution in [2.45, 2.75) is 19.8 Å². The van der Waals surface area contributed by atoms with Crippen molar-refractivity contribution in [2.24, 2.45) is 0 Å². The Labute approximate surface area is 129 Å². The molecule has 0 aliphatic heterocycles. The van der Waals surface area contributed by atoms with Gasteiger partial charge in [0.05, 0.1) is 0 Å². The van der Waals surface area contributed by atoms with Crippen molar-refractivity contribution in [3.05, 3.63) is 46.3 Å². The fourth-order valence-electron chi connectivity index (χ4n) is 1.94. The van der Waals surface area contributed by atoms with Crippen LogP contribution in [-0.2, 0) is 6.42 Å². The molecule has 21 heavy (non-hydrogen) atoms. The van der Waals surface area contributed by atoms with Crippen molar-refractivity contribution in [2.75, 3.05) is 25.5 Å². The fourth-order valence-corrected chi connectivity index (χ4v) is 2.63. The summed E-state index contributed by atoms with van der Waals surface area (Å²) in [6.07, 6.45) is 1.91. The predicted octanol–water partition coefficient (Wildman–Crippen LogP) is 3.28. The summed E-state index contributed by atoms with van der Waals surface area (Å²) in [7, 11) is 1.82. The molecule has 112 valence electrons. The van der Waals surface area contributed by atoms with Gasteiger partial charge < -0.3 is 10.2 Å². The molecule has 1 N–H and O–H groups in total. The van der Waals surface area contributed by atoms with E-state index in [4.69, 9.17) is 0 Å². The molecule has 5 heteroatoms. The maximum atomic E-state index is 12.4. The van der Waals surface area contributed by atoms with Crippen molar-refractivity contribution in [3.8, 4) is 0 Å². The summed E-state index contributed by atoms with van der Waals surface area (Å²) in [6.45, 7) is 3.66. The van der Waals surface area contributed by atoms with Gasteiger partial charge in [-0.05, 0) is 36.4 Å². The van der Waals surface area contributed by atoms with Gasteiger partial charge in [0.2, 0.25) is 0 Å². The molecule has 0 atom stereocenters. The lowest BCUT2D eigenvalue weighted by molar-refractivity contribution is 0.0791. The Balaban J connectivity index is 1.94. The number of aromatic nitrogens is 1. The van der Waals surface area contributed by atoms with E-state index in [1.807, 2.05) is 25.2 Å². The zero-order valence-electron chi connectivity index (χ0n) is 12.5. The first-order valence-corrected chi connectivity index (χ1v) is 8.07. The van der Waals surface area contributed by atoms with Gasteiger partial charge in [0, 0.05) is 25.0 Å². The lowest BCUT2D eigenvalue weighted by Crippen LogP contribution is -2.29. The summed E-state index contributed by atoms with van der Waals surface area (Å²) in [5, 5.41) is 5.26. The number of hydrogen-bond acceptors (Lipinski definition) is 4. The molecule has 2 heterocycles. The highest BCUT2D eigenvalue weighted by atomic mass is 32.1. The number of carbonyl (C=O) groups excluding carboxylic acids is 1. The monoisotopic (exact) mass is 303 g/mol. The molecule has 0 aromatic carbocycles. The number of thiophene rings is 1. The van der Waals surface area contributed by atoms with Crippen molar-refractivity contribution in [1.29, 1.82) is 0 Å². The highest BCUT2D eigenvalue weighted by Gasteiger charge is 2.13. The minimum atomic E-state index is -0.0355. The number of anilines is 1. The minimum Gasteiger partial charge on any atom is -0.370 e. The molecule has 0 radical (unpaired) electrons. The molecule has 0 saturated heterocycles. The normalized spacial score (nSPS) is 10.4. The number of nitrogens with one attached hydrogen (secondary N) is 1. The van der Waals surface area contributed by atoms with E-state index in [9.17, 15) is 4.79 Å². The third-order valence-electron chi connectivity index (χ3n) is 3.14. The Morgan fingerprint density at radius 3 is 2.90 bits per heavy atom. The molecule has 2 aromatic rings. The van der Waals surface area contributed by atoms with Gasteiger partial charge in [-0.3, -0.25) is 4.79 Å². The molecule has 0 spiro atoms. The van der Waals surface area contributed by atoms with Gasteiger partial charge in [0.1, 0.15) is 11.5 Å². The third-order valence-corrected chi connectivity index (χ3v) is 4.08. The SMILES string of the molecule is CCCNc1cccc(C(=O)N(C)CCc2cccs2)n1. The summed E-state index contributed by atoms with van der Waals surface area (Å²) in [5.41, 5.74) is 0.491. The lowest BCUT2D eigenvalue weighted by Gasteiger charge is -2.16. The van der Waals surface area contributed by atoms with Gasteiger partial charge >= 0.3 is 0 Å². The number of hydrogen-bond donors (Lipinski definition) is 1. The largest absolute Gasteiger partial charge is 0.370 e. The third kappa shape index (κ3) is 4.56.